The first-order chi connectivity index (χ1) is 8.11. The van der Waals surface area contributed by atoms with Crippen molar-refractivity contribution in [1.82, 2.24) is 0 Å². The average Bonchev–Trinajstić information content (AvgIpc) is 2.77. The molecule has 1 saturated heterocycles. The van der Waals surface area contributed by atoms with Crippen molar-refractivity contribution in [2.24, 2.45) is 11.7 Å². The van der Waals surface area contributed by atoms with Gasteiger partial charge in [0.25, 0.3) is 0 Å². The van der Waals surface area contributed by atoms with E-state index in [4.69, 9.17) is 5.73 Å². The first-order valence-electron chi connectivity index (χ1n) is 6.41. The number of anilines is 1. The minimum Gasteiger partial charge on any atom is -0.370 e. The second-order valence-corrected chi connectivity index (χ2v) is 5.86. The topological polar surface area (TPSA) is 29.3 Å². The molecule has 1 aliphatic heterocycles. The van der Waals surface area contributed by atoms with E-state index in [2.05, 4.69) is 46.0 Å². The van der Waals surface area contributed by atoms with E-state index in [0.717, 1.165) is 5.92 Å². The van der Waals surface area contributed by atoms with E-state index in [1.807, 2.05) is 6.92 Å². The summed E-state index contributed by atoms with van der Waals surface area (Å²) in [5.74, 6) is 0.856. The third-order valence-electron chi connectivity index (χ3n) is 3.70. The van der Waals surface area contributed by atoms with Crippen LogP contribution in [0.1, 0.15) is 38.3 Å². The largest absolute Gasteiger partial charge is 0.370 e. The van der Waals surface area contributed by atoms with E-state index in [0.29, 0.717) is 0 Å². The fraction of sp³-hybridized carbons (Fsp3) is 0.571. The zero-order valence-corrected chi connectivity index (χ0v) is 12.2. The van der Waals surface area contributed by atoms with Gasteiger partial charge in [0.1, 0.15) is 0 Å². The van der Waals surface area contributed by atoms with Gasteiger partial charge < -0.3 is 10.6 Å². The van der Waals surface area contributed by atoms with Gasteiger partial charge in [-0.2, -0.15) is 0 Å². The van der Waals surface area contributed by atoms with Crippen LogP contribution in [0, 0.1) is 5.92 Å². The van der Waals surface area contributed by atoms with Crippen molar-refractivity contribution >= 4 is 21.6 Å². The summed E-state index contributed by atoms with van der Waals surface area (Å²) >= 11 is 3.67. The van der Waals surface area contributed by atoms with Crippen LogP contribution in [0.4, 0.5) is 5.69 Å². The minimum absolute atomic E-state index is 0.0994. The Hall–Kier alpha value is -0.540. The first-order valence-corrected chi connectivity index (χ1v) is 7.21. The third kappa shape index (κ3) is 2.83. The third-order valence-corrected chi connectivity index (χ3v) is 4.34. The van der Waals surface area contributed by atoms with Gasteiger partial charge in [0.05, 0.1) is 5.69 Å². The monoisotopic (exact) mass is 296 g/mol. The molecule has 1 aromatic carbocycles. The van der Waals surface area contributed by atoms with Crippen LogP contribution in [-0.2, 0) is 0 Å². The summed E-state index contributed by atoms with van der Waals surface area (Å²) in [6.45, 7) is 6.66. The molecule has 0 spiro atoms. The number of halogens is 1. The molecule has 2 N–H and O–H groups in total. The molecule has 1 unspecified atom stereocenters. The number of nitrogens with zero attached hydrogens (tertiary/aromatic N) is 1. The molecular formula is C14H21BrN2. The van der Waals surface area contributed by atoms with Crippen LogP contribution in [0.2, 0.25) is 0 Å². The molecule has 1 heterocycles. The van der Waals surface area contributed by atoms with Gasteiger partial charge in [0.2, 0.25) is 0 Å². The van der Waals surface area contributed by atoms with E-state index in [9.17, 15) is 0 Å². The van der Waals surface area contributed by atoms with Crippen molar-refractivity contribution in [1.29, 1.82) is 0 Å². The Morgan fingerprint density at radius 1 is 1.53 bits per heavy atom. The van der Waals surface area contributed by atoms with E-state index in [-0.39, 0.29) is 6.04 Å². The first kappa shape index (κ1) is 12.9. The molecule has 0 aromatic heterocycles. The molecule has 3 heteroatoms. The molecule has 0 radical (unpaired) electrons. The number of hydrogen-bond acceptors (Lipinski definition) is 2. The molecule has 1 aromatic rings. The Labute approximate surface area is 112 Å². The average molecular weight is 297 g/mol. The summed E-state index contributed by atoms with van der Waals surface area (Å²) in [5.41, 5.74) is 8.39. The Morgan fingerprint density at radius 3 is 2.82 bits per heavy atom. The molecule has 94 valence electrons. The maximum Gasteiger partial charge on any atom is 0.0510 e. The highest BCUT2D eigenvalue weighted by Gasteiger charge is 2.22. The zero-order valence-electron chi connectivity index (χ0n) is 10.6. The van der Waals surface area contributed by atoms with Crippen LogP contribution >= 0.6 is 15.9 Å². The number of rotatable bonds is 3. The highest BCUT2D eigenvalue weighted by Crippen LogP contribution is 2.33. The van der Waals surface area contributed by atoms with Crippen LogP contribution in [0.3, 0.4) is 0 Å². The fourth-order valence-electron chi connectivity index (χ4n) is 2.45. The SMILES string of the molecule is CCC1CCN(c2ccc([C@@H](C)N)cc2Br)C1. The van der Waals surface area contributed by atoms with Gasteiger partial charge in [-0.05, 0) is 52.9 Å². The molecule has 0 bridgehead atoms. The molecule has 1 aliphatic rings. The summed E-state index contributed by atoms with van der Waals surface area (Å²) in [7, 11) is 0. The lowest BCUT2D eigenvalue weighted by molar-refractivity contribution is 0.569. The van der Waals surface area contributed by atoms with Crippen LogP contribution in [0.25, 0.3) is 0 Å². The highest BCUT2D eigenvalue weighted by atomic mass is 79.9. The summed E-state index contributed by atoms with van der Waals surface area (Å²) in [5, 5.41) is 0. The standard InChI is InChI=1S/C14H21BrN2/c1-3-11-6-7-17(9-11)14-5-4-12(10(2)16)8-13(14)15/h4-5,8,10-11H,3,6-7,9,16H2,1-2H3/t10-,11?/m1/s1. The minimum atomic E-state index is 0.0994. The zero-order chi connectivity index (χ0) is 12.4. The van der Waals surface area contributed by atoms with Gasteiger partial charge in [-0.15, -0.1) is 0 Å². The van der Waals surface area contributed by atoms with Crippen LogP contribution in [-0.4, -0.2) is 13.1 Å². The molecule has 2 nitrogen and oxygen atoms in total. The number of hydrogen-bond donors (Lipinski definition) is 1. The normalized spacial score (nSPS) is 21.9. The van der Waals surface area contributed by atoms with Crippen molar-refractivity contribution in [2.75, 3.05) is 18.0 Å². The fourth-order valence-corrected chi connectivity index (χ4v) is 3.09. The molecule has 0 aliphatic carbocycles. The smallest absolute Gasteiger partial charge is 0.0510 e. The Balaban J connectivity index is 2.17. The maximum absolute atomic E-state index is 5.90. The second kappa shape index (κ2) is 5.40. The van der Waals surface area contributed by atoms with E-state index in [1.165, 1.54) is 41.7 Å². The van der Waals surface area contributed by atoms with Crippen molar-refractivity contribution in [2.45, 2.75) is 32.7 Å². The molecule has 0 amide bonds. The maximum atomic E-state index is 5.90. The quantitative estimate of drug-likeness (QED) is 0.921. The van der Waals surface area contributed by atoms with Crippen molar-refractivity contribution in [3.05, 3.63) is 28.2 Å². The Bertz CT molecular complexity index is 390. The predicted molar refractivity (Wildman–Crippen MR) is 77.4 cm³/mol. The van der Waals surface area contributed by atoms with Crippen molar-refractivity contribution in [3.8, 4) is 0 Å². The second-order valence-electron chi connectivity index (χ2n) is 5.01. The molecule has 0 saturated carbocycles. The van der Waals surface area contributed by atoms with Crippen molar-refractivity contribution in [3.63, 3.8) is 0 Å². The predicted octanol–water partition coefficient (Wildman–Crippen LogP) is 3.71. The van der Waals surface area contributed by atoms with Gasteiger partial charge in [-0.25, -0.2) is 0 Å². The van der Waals surface area contributed by atoms with Crippen LogP contribution in [0.15, 0.2) is 22.7 Å². The summed E-state index contributed by atoms with van der Waals surface area (Å²) in [6, 6.07) is 6.59. The molecule has 2 atom stereocenters. The highest BCUT2D eigenvalue weighted by molar-refractivity contribution is 9.10. The van der Waals surface area contributed by atoms with Gasteiger partial charge >= 0.3 is 0 Å². The summed E-state index contributed by atoms with van der Waals surface area (Å²) < 4.78 is 1.17. The molecular weight excluding hydrogens is 276 g/mol. The number of benzene rings is 1. The van der Waals surface area contributed by atoms with Crippen molar-refractivity contribution < 1.29 is 0 Å². The molecule has 17 heavy (non-hydrogen) atoms. The summed E-state index contributed by atoms with van der Waals surface area (Å²) in [4.78, 5) is 2.48. The molecule has 1 fully saturated rings. The van der Waals surface area contributed by atoms with E-state index in [1.54, 1.807) is 0 Å². The van der Waals surface area contributed by atoms with Gasteiger partial charge in [0, 0.05) is 23.6 Å². The van der Waals surface area contributed by atoms with Gasteiger partial charge in [0.15, 0.2) is 0 Å². The lowest BCUT2D eigenvalue weighted by Gasteiger charge is -2.21. The summed E-state index contributed by atoms with van der Waals surface area (Å²) in [6.07, 6.45) is 2.60. The van der Waals surface area contributed by atoms with E-state index >= 15 is 0 Å². The van der Waals surface area contributed by atoms with E-state index < -0.39 is 0 Å². The Morgan fingerprint density at radius 2 is 2.29 bits per heavy atom. The van der Waals surface area contributed by atoms with Crippen LogP contribution < -0.4 is 10.6 Å². The number of nitrogens with two attached hydrogens (primary N) is 1. The lowest BCUT2D eigenvalue weighted by atomic mass is 10.1. The van der Waals surface area contributed by atoms with Gasteiger partial charge in [-0.3, -0.25) is 0 Å². The van der Waals surface area contributed by atoms with Crippen LogP contribution in [0.5, 0.6) is 0 Å². The lowest BCUT2D eigenvalue weighted by Crippen LogP contribution is -2.20. The van der Waals surface area contributed by atoms with Gasteiger partial charge in [-0.1, -0.05) is 19.4 Å². The molecule has 2 rings (SSSR count). The Kier molecular flexibility index (Phi) is 4.10.